The minimum absolute atomic E-state index is 0.0166. The van der Waals surface area contributed by atoms with Crippen molar-refractivity contribution in [3.63, 3.8) is 0 Å². The van der Waals surface area contributed by atoms with Crippen LogP contribution in [-0.2, 0) is 19.9 Å². The summed E-state index contributed by atoms with van der Waals surface area (Å²) in [5, 5.41) is 6.43. The van der Waals surface area contributed by atoms with Crippen LogP contribution in [0.2, 0.25) is 0 Å². The van der Waals surface area contributed by atoms with Crippen molar-refractivity contribution >= 4 is 21.7 Å². The van der Waals surface area contributed by atoms with Gasteiger partial charge in [-0.25, -0.2) is 0 Å². The van der Waals surface area contributed by atoms with Gasteiger partial charge in [-0.1, -0.05) is 24.3 Å². The highest BCUT2D eigenvalue weighted by Gasteiger charge is 2.10. The second-order valence-electron chi connectivity index (χ2n) is 8.32. The average molecular weight is 452 g/mol. The minimum Gasteiger partial charge on any atom is -0.497 e. The van der Waals surface area contributed by atoms with Crippen LogP contribution in [0.25, 0.3) is 32.8 Å². The number of pyridine rings is 1. The number of aryl methyl sites for hydroxylation is 3. The van der Waals surface area contributed by atoms with Gasteiger partial charge in [0.1, 0.15) is 11.5 Å². The maximum atomic E-state index is 13.6. The summed E-state index contributed by atoms with van der Waals surface area (Å²) >= 11 is 0. The van der Waals surface area contributed by atoms with Crippen molar-refractivity contribution in [1.29, 1.82) is 0 Å². The SMILES string of the molecule is COc1ccc(CCc2ccc3ccc4ncc(-c5cnn(C)c5)cc4c(=O)c3c2)c(OC)c1. The molecule has 6 heteroatoms. The molecule has 0 bridgehead atoms. The van der Waals surface area contributed by atoms with Crippen molar-refractivity contribution in [3.8, 4) is 22.6 Å². The number of ether oxygens (including phenoxy) is 2. The highest BCUT2D eigenvalue weighted by molar-refractivity contribution is 5.93. The van der Waals surface area contributed by atoms with Crippen LogP contribution < -0.4 is 14.9 Å². The molecule has 34 heavy (non-hydrogen) atoms. The lowest BCUT2D eigenvalue weighted by molar-refractivity contribution is 0.391. The number of aromatic nitrogens is 3. The van der Waals surface area contributed by atoms with Gasteiger partial charge in [0.05, 0.1) is 25.9 Å². The molecule has 2 heterocycles. The van der Waals surface area contributed by atoms with E-state index in [0.29, 0.717) is 16.3 Å². The molecule has 6 nitrogen and oxygen atoms in total. The lowest BCUT2D eigenvalue weighted by Crippen LogP contribution is -2.01. The van der Waals surface area contributed by atoms with E-state index in [0.717, 1.165) is 52.0 Å². The first kappa shape index (κ1) is 21.6. The van der Waals surface area contributed by atoms with E-state index in [1.54, 1.807) is 31.3 Å². The van der Waals surface area contributed by atoms with Crippen LogP contribution >= 0.6 is 0 Å². The first-order valence-electron chi connectivity index (χ1n) is 11.1. The Morgan fingerprint density at radius 2 is 1.71 bits per heavy atom. The summed E-state index contributed by atoms with van der Waals surface area (Å²) in [4.78, 5) is 18.1. The van der Waals surface area contributed by atoms with Crippen molar-refractivity contribution in [1.82, 2.24) is 14.8 Å². The third-order valence-electron chi connectivity index (χ3n) is 6.16. The van der Waals surface area contributed by atoms with Gasteiger partial charge in [-0.3, -0.25) is 14.5 Å². The topological polar surface area (TPSA) is 66.2 Å². The quantitative estimate of drug-likeness (QED) is 0.365. The van der Waals surface area contributed by atoms with Crippen LogP contribution in [-0.4, -0.2) is 29.0 Å². The lowest BCUT2D eigenvalue weighted by atomic mass is 10.0. The van der Waals surface area contributed by atoms with Gasteiger partial charge in [0, 0.05) is 47.4 Å². The molecule has 5 aromatic rings. The van der Waals surface area contributed by atoms with E-state index in [-0.39, 0.29) is 5.43 Å². The Morgan fingerprint density at radius 3 is 2.47 bits per heavy atom. The standard InChI is InChI=1S/C28H25N3O3/c1-31-17-22(16-30-31)21-13-25-26(29-15-21)11-9-19-6-4-18(12-24(19)28(25)32)5-7-20-8-10-23(33-2)14-27(20)34-3/h4,6,8-17H,5,7H2,1-3H3. The largest absolute Gasteiger partial charge is 0.497 e. The molecule has 0 saturated carbocycles. The molecule has 0 saturated heterocycles. The lowest BCUT2D eigenvalue weighted by Gasteiger charge is -2.10. The smallest absolute Gasteiger partial charge is 0.195 e. The number of benzene rings is 2. The summed E-state index contributed by atoms with van der Waals surface area (Å²) in [7, 11) is 5.17. The summed E-state index contributed by atoms with van der Waals surface area (Å²) < 4.78 is 12.6. The molecule has 5 rings (SSSR count). The van der Waals surface area contributed by atoms with Crippen LogP contribution in [0.3, 0.4) is 0 Å². The summed E-state index contributed by atoms with van der Waals surface area (Å²) in [6.07, 6.45) is 7.06. The number of fused-ring (bicyclic) bond motifs is 2. The summed E-state index contributed by atoms with van der Waals surface area (Å²) in [6.45, 7) is 0. The van der Waals surface area contributed by atoms with Crippen molar-refractivity contribution in [2.45, 2.75) is 12.8 Å². The zero-order chi connectivity index (χ0) is 23.7. The third kappa shape index (κ3) is 4.10. The van der Waals surface area contributed by atoms with E-state index in [1.165, 1.54) is 0 Å². The fraction of sp³-hybridized carbons (Fsp3) is 0.179. The third-order valence-corrected chi connectivity index (χ3v) is 6.16. The Morgan fingerprint density at radius 1 is 0.853 bits per heavy atom. The number of rotatable bonds is 6. The van der Waals surface area contributed by atoms with E-state index in [1.807, 2.05) is 61.8 Å². The maximum absolute atomic E-state index is 13.6. The number of hydrogen-bond acceptors (Lipinski definition) is 5. The van der Waals surface area contributed by atoms with Gasteiger partial charge in [0.25, 0.3) is 0 Å². The van der Waals surface area contributed by atoms with E-state index in [9.17, 15) is 4.79 Å². The maximum Gasteiger partial charge on any atom is 0.195 e. The van der Waals surface area contributed by atoms with E-state index < -0.39 is 0 Å². The van der Waals surface area contributed by atoms with Crippen LogP contribution in [0.15, 0.2) is 78.0 Å². The molecule has 0 spiro atoms. The fourth-order valence-corrected chi connectivity index (χ4v) is 4.27. The molecule has 170 valence electrons. The molecule has 0 radical (unpaired) electrons. The molecule has 0 aliphatic carbocycles. The van der Waals surface area contributed by atoms with Gasteiger partial charge in [-0.15, -0.1) is 0 Å². The molecule has 0 atom stereocenters. The molecular weight excluding hydrogens is 426 g/mol. The van der Waals surface area contributed by atoms with Crippen molar-refractivity contribution in [2.24, 2.45) is 7.05 Å². The molecule has 0 fully saturated rings. The summed E-state index contributed by atoms with van der Waals surface area (Å²) in [5.41, 5.74) is 4.66. The van der Waals surface area contributed by atoms with Crippen LogP contribution in [0.5, 0.6) is 11.5 Å². The number of methoxy groups -OCH3 is 2. The molecule has 0 amide bonds. The Hall–Kier alpha value is -4.19. The molecule has 0 N–H and O–H groups in total. The van der Waals surface area contributed by atoms with E-state index >= 15 is 0 Å². The molecule has 0 aliphatic heterocycles. The Balaban J connectivity index is 1.53. The highest BCUT2D eigenvalue weighted by Crippen LogP contribution is 2.27. The fourth-order valence-electron chi connectivity index (χ4n) is 4.27. The predicted molar refractivity (Wildman–Crippen MR) is 135 cm³/mol. The highest BCUT2D eigenvalue weighted by atomic mass is 16.5. The normalized spacial score (nSPS) is 11.1. The van der Waals surface area contributed by atoms with Gasteiger partial charge in [-0.05, 0) is 53.6 Å². The van der Waals surface area contributed by atoms with Crippen LogP contribution in [0.1, 0.15) is 11.1 Å². The monoisotopic (exact) mass is 451 g/mol. The molecular formula is C28H25N3O3. The molecule has 2 aromatic heterocycles. The average Bonchev–Trinajstić information content (AvgIpc) is 3.26. The van der Waals surface area contributed by atoms with Crippen LogP contribution in [0, 0.1) is 0 Å². The zero-order valence-corrected chi connectivity index (χ0v) is 19.4. The first-order chi connectivity index (χ1) is 16.6. The Labute approximate surface area is 197 Å². The van der Waals surface area contributed by atoms with Gasteiger partial charge < -0.3 is 9.47 Å². The van der Waals surface area contributed by atoms with Crippen LogP contribution in [0.4, 0.5) is 0 Å². The van der Waals surface area contributed by atoms with E-state index in [4.69, 9.17) is 9.47 Å². The van der Waals surface area contributed by atoms with Crippen molar-refractivity contribution < 1.29 is 9.47 Å². The molecule has 3 aromatic carbocycles. The van der Waals surface area contributed by atoms with E-state index in [2.05, 4.69) is 16.1 Å². The summed E-state index contributed by atoms with van der Waals surface area (Å²) in [5.74, 6) is 1.57. The second kappa shape index (κ2) is 8.98. The van der Waals surface area contributed by atoms with Gasteiger partial charge in [-0.2, -0.15) is 5.10 Å². The number of hydrogen-bond donors (Lipinski definition) is 0. The van der Waals surface area contributed by atoms with Gasteiger partial charge in [0.15, 0.2) is 5.43 Å². The van der Waals surface area contributed by atoms with Crippen molar-refractivity contribution in [2.75, 3.05) is 14.2 Å². The minimum atomic E-state index is -0.0166. The van der Waals surface area contributed by atoms with Crippen molar-refractivity contribution in [3.05, 3.63) is 94.5 Å². The molecule has 0 aliphatic rings. The molecule has 0 unspecified atom stereocenters. The van der Waals surface area contributed by atoms with Gasteiger partial charge in [0.2, 0.25) is 0 Å². The number of nitrogens with zero attached hydrogens (tertiary/aromatic N) is 3. The first-order valence-corrected chi connectivity index (χ1v) is 11.1. The zero-order valence-electron chi connectivity index (χ0n) is 19.4. The second-order valence-corrected chi connectivity index (χ2v) is 8.32. The predicted octanol–water partition coefficient (Wildman–Crippen LogP) is 4.95. The van der Waals surface area contributed by atoms with Gasteiger partial charge >= 0.3 is 0 Å². The summed E-state index contributed by atoms with van der Waals surface area (Å²) in [6, 6.07) is 17.7. The Kier molecular flexibility index (Phi) is 5.72. The Bertz CT molecular complexity index is 1570.